The highest BCUT2D eigenvalue weighted by Gasteiger charge is 2.51. The Labute approximate surface area is 125 Å². The minimum atomic E-state index is -0.711. The second-order valence-electron chi connectivity index (χ2n) is 5.12. The van der Waals surface area contributed by atoms with Gasteiger partial charge in [-0.3, -0.25) is 14.7 Å². The van der Waals surface area contributed by atoms with E-state index >= 15 is 0 Å². The van der Waals surface area contributed by atoms with Gasteiger partial charge in [0.2, 0.25) is 0 Å². The maximum atomic E-state index is 12.5. The van der Waals surface area contributed by atoms with Gasteiger partial charge in [-0.15, -0.1) is 0 Å². The molecule has 2 aliphatic heterocycles. The van der Waals surface area contributed by atoms with Crippen LogP contribution in [0.25, 0.3) is 0 Å². The summed E-state index contributed by atoms with van der Waals surface area (Å²) < 4.78 is 0.869. The lowest BCUT2D eigenvalue weighted by molar-refractivity contribution is -0.132. The van der Waals surface area contributed by atoms with E-state index in [1.54, 1.807) is 12.3 Å². The number of halogens is 1. The van der Waals surface area contributed by atoms with Crippen molar-refractivity contribution in [2.24, 2.45) is 0 Å². The Morgan fingerprint density at radius 2 is 2.05 bits per heavy atom. The van der Waals surface area contributed by atoms with Crippen LogP contribution < -0.4 is 10.6 Å². The molecular formula is C13H15BrN4O2. The van der Waals surface area contributed by atoms with Crippen LogP contribution in [0.1, 0.15) is 18.5 Å². The number of piperidine rings is 1. The molecule has 0 atom stereocenters. The number of urea groups is 1. The molecule has 0 bridgehead atoms. The van der Waals surface area contributed by atoms with Crippen molar-refractivity contribution in [2.75, 3.05) is 13.1 Å². The number of amides is 3. The van der Waals surface area contributed by atoms with Crippen molar-refractivity contribution in [3.05, 3.63) is 28.5 Å². The van der Waals surface area contributed by atoms with Gasteiger partial charge in [0.05, 0.1) is 12.2 Å². The van der Waals surface area contributed by atoms with Crippen molar-refractivity contribution in [3.63, 3.8) is 0 Å². The average Bonchev–Trinajstić information content (AvgIpc) is 2.67. The molecule has 3 rings (SSSR count). The Morgan fingerprint density at radius 3 is 2.70 bits per heavy atom. The van der Waals surface area contributed by atoms with E-state index in [1.165, 1.54) is 4.90 Å². The zero-order chi connectivity index (χ0) is 14.2. The van der Waals surface area contributed by atoms with Crippen LogP contribution in [-0.4, -0.2) is 40.5 Å². The van der Waals surface area contributed by atoms with Crippen molar-refractivity contribution in [3.8, 4) is 0 Å². The summed E-state index contributed by atoms with van der Waals surface area (Å²) in [7, 11) is 0. The molecule has 2 fully saturated rings. The molecule has 0 aromatic carbocycles. The Hall–Kier alpha value is -1.47. The SMILES string of the molecule is O=C1NC2(CCNCC2)C(=O)N1Cc1ccc(Br)cn1. The van der Waals surface area contributed by atoms with Crippen LogP contribution >= 0.6 is 15.9 Å². The number of hydrogen-bond acceptors (Lipinski definition) is 4. The number of aromatic nitrogens is 1. The Kier molecular flexibility index (Phi) is 3.47. The van der Waals surface area contributed by atoms with E-state index in [0.29, 0.717) is 18.5 Å². The molecular weight excluding hydrogens is 324 g/mol. The first-order chi connectivity index (χ1) is 9.61. The highest BCUT2D eigenvalue weighted by molar-refractivity contribution is 9.10. The fourth-order valence-corrected chi connectivity index (χ4v) is 2.91. The van der Waals surface area contributed by atoms with Crippen molar-refractivity contribution in [1.29, 1.82) is 0 Å². The van der Waals surface area contributed by atoms with E-state index in [4.69, 9.17) is 0 Å². The fraction of sp³-hybridized carbons (Fsp3) is 0.462. The van der Waals surface area contributed by atoms with Crippen LogP contribution in [0.2, 0.25) is 0 Å². The number of imide groups is 1. The number of nitrogens with one attached hydrogen (secondary N) is 2. The highest BCUT2D eigenvalue weighted by Crippen LogP contribution is 2.27. The van der Waals surface area contributed by atoms with E-state index < -0.39 is 5.54 Å². The number of rotatable bonds is 2. The van der Waals surface area contributed by atoms with Crippen molar-refractivity contribution >= 4 is 27.9 Å². The van der Waals surface area contributed by atoms with Gasteiger partial charge >= 0.3 is 6.03 Å². The molecule has 1 aromatic rings. The third-order valence-corrected chi connectivity index (χ3v) is 4.28. The zero-order valence-corrected chi connectivity index (χ0v) is 12.4. The van der Waals surface area contributed by atoms with Crippen molar-refractivity contribution in [2.45, 2.75) is 24.9 Å². The number of carbonyl (C=O) groups is 2. The topological polar surface area (TPSA) is 74.3 Å². The molecule has 0 saturated carbocycles. The van der Waals surface area contributed by atoms with Crippen LogP contribution in [0.3, 0.4) is 0 Å². The maximum absolute atomic E-state index is 12.5. The first-order valence-corrected chi connectivity index (χ1v) is 7.35. The molecule has 106 valence electrons. The minimum Gasteiger partial charge on any atom is -0.323 e. The molecule has 0 radical (unpaired) electrons. The van der Waals surface area contributed by atoms with Crippen molar-refractivity contribution < 1.29 is 9.59 Å². The summed E-state index contributed by atoms with van der Waals surface area (Å²) >= 11 is 3.31. The van der Waals surface area contributed by atoms with Gasteiger partial charge in [-0.2, -0.15) is 0 Å². The molecule has 3 amide bonds. The van der Waals surface area contributed by atoms with Gasteiger partial charge < -0.3 is 10.6 Å². The summed E-state index contributed by atoms with van der Waals surface area (Å²) in [6, 6.07) is 3.33. The average molecular weight is 339 g/mol. The lowest BCUT2D eigenvalue weighted by atomic mass is 9.88. The number of carbonyl (C=O) groups excluding carboxylic acids is 2. The van der Waals surface area contributed by atoms with E-state index in [9.17, 15) is 9.59 Å². The smallest absolute Gasteiger partial charge is 0.323 e. The van der Waals surface area contributed by atoms with Gasteiger partial charge in [0.15, 0.2) is 0 Å². The number of hydrogen-bond donors (Lipinski definition) is 2. The summed E-state index contributed by atoms with van der Waals surface area (Å²) in [5, 5.41) is 6.06. The van der Waals surface area contributed by atoms with Gasteiger partial charge in [0, 0.05) is 10.7 Å². The van der Waals surface area contributed by atoms with Gasteiger partial charge in [0.25, 0.3) is 5.91 Å². The predicted octanol–water partition coefficient (Wildman–Crippen LogP) is 1.02. The first-order valence-electron chi connectivity index (χ1n) is 6.56. The zero-order valence-electron chi connectivity index (χ0n) is 10.9. The second kappa shape index (κ2) is 5.14. The number of nitrogens with zero attached hydrogens (tertiary/aromatic N) is 2. The molecule has 0 unspecified atom stereocenters. The Bertz CT molecular complexity index is 540. The largest absolute Gasteiger partial charge is 0.325 e. The normalized spacial score (nSPS) is 21.4. The summed E-state index contributed by atoms with van der Waals surface area (Å²) in [5.74, 6) is -0.131. The first kappa shape index (κ1) is 13.5. The second-order valence-corrected chi connectivity index (χ2v) is 6.04. The summed E-state index contributed by atoms with van der Waals surface area (Å²) in [6.07, 6.45) is 2.94. The fourth-order valence-electron chi connectivity index (χ4n) is 2.67. The molecule has 1 aromatic heterocycles. The Balaban J connectivity index is 1.78. The van der Waals surface area contributed by atoms with E-state index in [1.807, 2.05) is 6.07 Å². The summed E-state index contributed by atoms with van der Waals surface area (Å²) in [5.41, 5.74) is -0.0137. The van der Waals surface area contributed by atoms with E-state index in [0.717, 1.165) is 17.6 Å². The van der Waals surface area contributed by atoms with Gasteiger partial charge in [0.1, 0.15) is 5.54 Å². The highest BCUT2D eigenvalue weighted by atomic mass is 79.9. The van der Waals surface area contributed by atoms with E-state index in [2.05, 4.69) is 31.5 Å². The van der Waals surface area contributed by atoms with Crippen molar-refractivity contribution in [1.82, 2.24) is 20.5 Å². The molecule has 20 heavy (non-hydrogen) atoms. The minimum absolute atomic E-state index is 0.131. The van der Waals surface area contributed by atoms with Gasteiger partial charge in [-0.05, 0) is 54.0 Å². The van der Waals surface area contributed by atoms with Crippen LogP contribution in [0.15, 0.2) is 22.8 Å². The quantitative estimate of drug-likeness (QED) is 0.789. The molecule has 2 aliphatic rings. The summed E-state index contributed by atoms with van der Waals surface area (Å²) in [4.78, 5) is 30.1. The third-order valence-electron chi connectivity index (χ3n) is 3.81. The molecule has 3 heterocycles. The lowest BCUT2D eigenvalue weighted by Crippen LogP contribution is -2.53. The van der Waals surface area contributed by atoms with Crippen LogP contribution in [0.5, 0.6) is 0 Å². The Morgan fingerprint density at radius 1 is 1.30 bits per heavy atom. The van der Waals surface area contributed by atoms with Crippen LogP contribution in [0, 0.1) is 0 Å². The third kappa shape index (κ3) is 2.31. The summed E-state index contributed by atoms with van der Waals surface area (Å²) in [6.45, 7) is 1.71. The van der Waals surface area contributed by atoms with E-state index in [-0.39, 0.29) is 18.5 Å². The molecule has 0 aliphatic carbocycles. The lowest BCUT2D eigenvalue weighted by Gasteiger charge is -2.31. The van der Waals surface area contributed by atoms with Crippen LogP contribution in [-0.2, 0) is 11.3 Å². The predicted molar refractivity (Wildman–Crippen MR) is 75.9 cm³/mol. The number of pyridine rings is 1. The molecule has 7 heteroatoms. The monoisotopic (exact) mass is 338 g/mol. The van der Waals surface area contributed by atoms with Crippen LogP contribution in [0.4, 0.5) is 4.79 Å². The molecule has 2 saturated heterocycles. The molecule has 6 nitrogen and oxygen atoms in total. The maximum Gasteiger partial charge on any atom is 0.325 e. The molecule has 2 N–H and O–H groups in total. The standard InChI is InChI=1S/C13H15BrN4O2/c14-9-1-2-10(16-7-9)8-18-11(19)13(17-12(18)20)3-5-15-6-4-13/h1-2,7,15H,3-6,8H2,(H,17,20). The van der Waals surface area contributed by atoms with Gasteiger partial charge in [-0.25, -0.2) is 4.79 Å². The van der Waals surface area contributed by atoms with Gasteiger partial charge in [-0.1, -0.05) is 0 Å². The molecule has 1 spiro atoms.